The van der Waals surface area contributed by atoms with Gasteiger partial charge in [-0.05, 0) is 64.2 Å². The van der Waals surface area contributed by atoms with Crippen LogP contribution in [-0.2, 0) is 37.4 Å². The molecule has 1 aliphatic heterocycles. The molecular weight excluding hydrogens is 764 g/mol. The molecular formula is C48H89N2O8P. The summed E-state index contributed by atoms with van der Waals surface area (Å²) >= 11 is 0. The SMILES string of the molecule is CCCCCCCC/C=C/CCCCCCCCOP(=O)(NCCOCCOCCOCCN1C(=O)C=CC1=O)OCCCCCCCC/C=C/CCCCCCCC. The number of hydrogen-bond acceptors (Lipinski definition) is 8. The highest BCUT2D eigenvalue weighted by atomic mass is 31.2. The maximum Gasteiger partial charge on any atom is 0.405 e. The fraction of sp³-hybridized carbons (Fsp3) is 0.833. The lowest BCUT2D eigenvalue weighted by Crippen LogP contribution is -2.33. The van der Waals surface area contributed by atoms with Crippen molar-refractivity contribution in [2.45, 2.75) is 194 Å². The van der Waals surface area contributed by atoms with E-state index in [-0.39, 0.29) is 25.0 Å². The van der Waals surface area contributed by atoms with Gasteiger partial charge >= 0.3 is 7.75 Å². The summed E-state index contributed by atoms with van der Waals surface area (Å²) in [6, 6.07) is 0. The van der Waals surface area contributed by atoms with Gasteiger partial charge in [0.15, 0.2) is 0 Å². The molecule has 0 aromatic heterocycles. The van der Waals surface area contributed by atoms with Crippen molar-refractivity contribution in [2.75, 3.05) is 65.9 Å². The highest BCUT2D eigenvalue weighted by molar-refractivity contribution is 7.51. The van der Waals surface area contributed by atoms with E-state index in [0.717, 1.165) is 30.6 Å². The predicted octanol–water partition coefficient (Wildman–Crippen LogP) is 12.8. The van der Waals surface area contributed by atoms with Gasteiger partial charge in [0, 0.05) is 18.7 Å². The van der Waals surface area contributed by atoms with Gasteiger partial charge in [-0.15, -0.1) is 0 Å². The first-order valence-corrected chi connectivity index (χ1v) is 25.8. The summed E-state index contributed by atoms with van der Waals surface area (Å²) in [6.45, 7) is 8.09. The number of nitrogens with zero attached hydrogens (tertiary/aromatic N) is 1. The first kappa shape index (κ1) is 55.4. The summed E-state index contributed by atoms with van der Waals surface area (Å²) in [4.78, 5) is 24.3. The average Bonchev–Trinajstić information content (AvgIpc) is 3.56. The molecule has 0 saturated heterocycles. The van der Waals surface area contributed by atoms with Crippen LogP contribution in [0.1, 0.15) is 194 Å². The van der Waals surface area contributed by atoms with Gasteiger partial charge in [0.25, 0.3) is 11.8 Å². The molecule has 2 amide bonds. The fourth-order valence-electron chi connectivity index (χ4n) is 6.80. The number of amides is 2. The minimum absolute atomic E-state index is 0.230. The molecule has 0 radical (unpaired) electrons. The van der Waals surface area contributed by atoms with Crippen LogP contribution in [0.5, 0.6) is 0 Å². The van der Waals surface area contributed by atoms with Crippen molar-refractivity contribution in [3.05, 3.63) is 36.5 Å². The molecule has 0 aliphatic carbocycles. The van der Waals surface area contributed by atoms with E-state index in [1.165, 1.54) is 166 Å². The molecule has 0 aromatic carbocycles. The predicted molar refractivity (Wildman–Crippen MR) is 245 cm³/mol. The number of carbonyl (C=O) groups excluding carboxylic acids is 2. The van der Waals surface area contributed by atoms with E-state index in [2.05, 4.69) is 43.2 Å². The molecule has 1 N–H and O–H groups in total. The van der Waals surface area contributed by atoms with Gasteiger partial charge < -0.3 is 14.2 Å². The summed E-state index contributed by atoms with van der Waals surface area (Å²) in [5.74, 6) is -0.614. The van der Waals surface area contributed by atoms with E-state index in [9.17, 15) is 14.2 Å². The maximum atomic E-state index is 13.6. The largest absolute Gasteiger partial charge is 0.405 e. The summed E-state index contributed by atoms with van der Waals surface area (Å²) < 4.78 is 42.0. The number of allylic oxidation sites excluding steroid dienone is 4. The molecule has 344 valence electrons. The normalized spacial score (nSPS) is 13.4. The smallest absolute Gasteiger partial charge is 0.378 e. The first-order chi connectivity index (χ1) is 29.0. The van der Waals surface area contributed by atoms with Crippen molar-refractivity contribution in [1.82, 2.24) is 9.99 Å². The van der Waals surface area contributed by atoms with E-state index < -0.39 is 7.75 Å². The summed E-state index contributed by atoms with van der Waals surface area (Å²) in [7, 11) is -3.43. The minimum Gasteiger partial charge on any atom is -0.378 e. The van der Waals surface area contributed by atoms with Crippen LogP contribution in [0.3, 0.4) is 0 Å². The second kappa shape index (κ2) is 43.0. The number of hydrogen-bond donors (Lipinski definition) is 1. The zero-order valence-corrected chi connectivity index (χ0v) is 38.9. The summed E-state index contributed by atoms with van der Waals surface area (Å²) in [5.41, 5.74) is 0. The Labute approximate surface area is 362 Å². The van der Waals surface area contributed by atoms with Gasteiger partial charge in [0.2, 0.25) is 0 Å². The molecule has 1 aliphatic rings. The third-order valence-electron chi connectivity index (χ3n) is 10.5. The van der Waals surface area contributed by atoms with Gasteiger partial charge in [0.05, 0.1) is 59.4 Å². The van der Waals surface area contributed by atoms with E-state index in [1.54, 1.807) is 0 Å². The Morgan fingerprint density at radius 3 is 1.20 bits per heavy atom. The van der Waals surface area contributed by atoms with Crippen molar-refractivity contribution in [3.63, 3.8) is 0 Å². The molecule has 0 spiro atoms. The van der Waals surface area contributed by atoms with E-state index in [0.29, 0.717) is 52.8 Å². The van der Waals surface area contributed by atoms with Gasteiger partial charge in [-0.1, -0.05) is 154 Å². The van der Waals surface area contributed by atoms with Crippen LogP contribution in [0.4, 0.5) is 0 Å². The molecule has 0 bridgehead atoms. The Balaban J connectivity index is 2.18. The van der Waals surface area contributed by atoms with Crippen molar-refractivity contribution in [1.29, 1.82) is 0 Å². The van der Waals surface area contributed by atoms with Gasteiger partial charge in [-0.3, -0.25) is 23.5 Å². The van der Waals surface area contributed by atoms with Crippen LogP contribution >= 0.6 is 7.75 Å². The fourth-order valence-corrected chi connectivity index (χ4v) is 8.16. The second-order valence-corrected chi connectivity index (χ2v) is 17.8. The first-order valence-electron chi connectivity index (χ1n) is 24.2. The highest BCUT2D eigenvalue weighted by Gasteiger charge is 2.24. The molecule has 59 heavy (non-hydrogen) atoms. The summed E-state index contributed by atoms with van der Waals surface area (Å²) in [5, 5.41) is 3.02. The zero-order chi connectivity index (χ0) is 42.6. The van der Waals surface area contributed by atoms with Gasteiger partial charge in [-0.25, -0.2) is 9.65 Å². The standard InChI is InChI=1S/C48H89N2O8P/c1-3-5-7-9-11-13-15-17-19-21-23-25-27-29-31-33-39-57-59(53,58-40-34-32-30-28-26-24-22-20-18-16-14-12-10-8-6-4-2)49-37-41-54-43-45-56-46-44-55-42-38-50-47(51)35-36-48(50)52/h17-20,35-36H,3-16,21-34,37-46H2,1-2H3,(H,49,53)/b19-17+,20-18+. The topological polar surface area (TPSA) is 113 Å². The average molecular weight is 853 g/mol. The van der Waals surface area contributed by atoms with Crippen molar-refractivity contribution < 1.29 is 37.4 Å². The Morgan fingerprint density at radius 1 is 0.458 bits per heavy atom. The van der Waals surface area contributed by atoms with Crippen LogP contribution in [0, 0.1) is 0 Å². The Bertz CT molecular complexity index is 1030. The minimum atomic E-state index is -3.43. The molecule has 10 nitrogen and oxygen atoms in total. The van der Waals surface area contributed by atoms with Gasteiger partial charge in [-0.2, -0.15) is 0 Å². The number of imide groups is 1. The molecule has 0 aromatic rings. The van der Waals surface area contributed by atoms with E-state index in [1.807, 2.05) is 0 Å². The van der Waals surface area contributed by atoms with Crippen LogP contribution < -0.4 is 5.09 Å². The lowest BCUT2D eigenvalue weighted by atomic mass is 10.1. The van der Waals surface area contributed by atoms with E-state index in [4.69, 9.17) is 23.3 Å². The van der Waals surface area contributed by atoms with Crippen LogP contribution in [0.2, 0.25) is 0 Å². The third-order valence-corrected chi connectivity index (χ3v) is 12.1. The Morgan fingerprint density at radius 2 is 0.797 bits per heavy atom. The molecule has 0 fully saturated rings. The van der Waals surface area contributed by atoms with Crippen molar-refractivity contribution >= 4 is 19.6 Å². The lowest BCUT2D eigenvalue weighted by Gasteiger charge is -2.19. The third kappa shape index (κ3) is 36.7. The molecule has 1 heterocycles. The Kier molecular flexibility index (Phi) is 40.4. The lowest BCUT2D eigenvalue weighted by molar-refractivity contribution is -0.137. The van der Waals surface area contributed by atoms with Crippen molar-refractivity contribution in [2.24, 2.45) is 0 Å². The monoisotopic (exact) mass is 853 g/mol. The number of nitrogens with one attached hydrogen (secondary N) is 1. The second-order valence-electron chi connectivity index (χ2n) is 15.9. The quantitative estimate of drug-likeness (QED) is 0.0277. The number of carbonyl (C=O) groups is 2. The van der Waals surface area contributed by atoms with Gasteiger partial charge in [0.1, 0.15) is 0 Å². The number of ether oxygens (including phenoxy) is 3. The van der Waals surface area contributed by atoms with Crippen LogP contribution in [0.25, 0.3) is 0 Å². The molecule has 11 heteroatoms. The molecule has 0 unspecified atom stereocenters. The van der Waals surface area contributed by atoms with Crippen LogP contribution in [0.15, 0.2) is 36.5 Å². The van der Waals surface area contributed by atoms with Crippen molar-refractivity contribution in [3.8, 4) is 0 Å². The zero-order valence-electron chi connectivity index (χ0n) is 38.0. The summed E-state index contributed by atoms with van der Waals surface area (Å²) in [6.07, 6.45) is 46.8. The molecule has 1 rings (SSSR count). The molecule has 0 saturated carbocycles. The number of rotatable bonds is 47. The highest BCUT2D eigenvalue weighted by Crippen LogP contribution is 2.44. The van der Waals surface area contributed by atoms with Crippen LogP contribution in [-0.4, -0.2) is 82.7 Å². The number of unbranched alkanes of at least 4 members (excludes halogenated alkanes) is 24. The van der Waals surface area contributed by atoms with E-state index >= 15 is 0 Å². The Hall–Kier alpha value is -1.65. The molecule has 0 atom stereocenters. The maximum absolute atomic E-state index is 13.6.